The average molecular weight is 933 g/mol. The van der Waals surface area contributed by atoms with E-state index in [0.717, 1.165) is 31.3 Å². The Bertz CT molecular complexity index is 1660. The number of aliphatic hydroxyl groups is 11. The van der Waals surface area contributed by atoms with Gasteiger partial charge in [0.25, 0.3) is 0 Å². The summed E-state index contributed by atoms with van der Waals surface area (Å²) in [5, 5.41) is 116. The van der Waals surface area contributed by atoms with Crippen molar-refractivity contribution < 1.29 is 94.1 Å². The van der Waals surface area contributed by atoms with Crippen LogP contribution in [0, 0.1) is 46.3 Å². The number of hydrogen-bond acceptors (Lipinski definition) is 19. The number of aliphatic hydroxyl groups excluding tert-OH is 11. The van der Waals surface area contributed by atoms with Crippen LogP contribution >= 0.6 is 0 Å². The lowest BCUT2D eigenvalue weighted by molar-refractivity contribution is -0.365. The summed E-state index contributed by atoms with van der Waals surface area (Å²) in [4.78, 5) is 0. The van der Waals surface area contributed by atoms with Gasteiger partial charge in [0.1, 0.15) is 67.1 Å². The van der Waals surface area contributed by atoms with Gasteiger partial charge in [0, 0.05) is 31.3 Å². The van der Waals surface area contributed by atoms with Gasteiger partial charge in [-0.25, -0.2) is 0 Å². The van der Waals surface area contributed by atoms with E-state index in [9.17, 15) is 56.2 Å². The lowest BCUT2D eigenvalue weighted by Gasteiger charge is -2.60. The molecule has 8 rings (SSSR count). The molecule has 0 aromatic rings. The zero-order valence-electron chi connectivity index (χ0n) is 38.4. The number of hydrogen-bond donors (Lipinski definition) is 11. The second kappa shape index (κ2) is 19.3. The van der Waals surface area contributed by atoms with E-state index in [-0.39, 0.29) is 41.8 Å². The molecule has 0 aromatic carbocycles. The standard InChI is InChI=1S/C46H76O19/c1-19(18-59-43-40(37(55)34(52)29(17-48)63-43)64-41-38(56)35(53)32(50)21(3)60-41)9-12-46(58-6)20(2)31-27(65-46)15-26-24-8-7-22-13-23(61-42-39(57)36(54)33(51)28(16-47)62-42)14-30(49)45(22,5)25(24)10-11-44(26,31)4/h7,19-21,23-43,47-57H,8-18H2,1-6H3/t19-,20+,21+,23-,24-,25+,26+,27+,28-,29-,30-,31+,32+,33-,34-,35-,36+,37+,38-,39-,40-,41+,42-,43-,44+,45+,46+/m1/s1. The van der Waals surface area contributed by atoms with Crippen LogP contribution in [0.2, 0.25) is 0 Å². The highest BCUT2D eigenvalue weighted by Crippen LogP contribution is 2.70. The predicted octanol–water partition coefficient (Wildman–Crippen LogP) is -1.21. The molecule has 0 radical (unpaired) electrons. The number of rotatable bonds is 13. The van der Waals surface area contributed by atoms with Crippen molar-refractivity contribution >= 4 is 0 Å². The fourth-order valence-corrected chi connectivity index (χ4v) is 13.9. The summed E-state index contributed by atoms with van der Waals surface area (Å²) in [5.74, 6) is 0.309. The van der Waals surface area contributed by atoms with Crippen molar-refractivity contribution in [3.63, 3.8) is 0 Å². The second-order valence-corrected chi connectivity index (χ2v) is 21.3. The fourth-order valence-electron chi connectivity index (χ4n) is 13.9. The molecule has 4 saturated heterocycles. The Kier molecular flexibility index (Phi) is 15.0. The van der Waals surface area contributed by atoms with Gasteiger partial charge in [0.15, 0.2) is 24.7 Å². The molecule has 3 saturated carbocycles. The second-order valence-electron chi connectivity index (χ2n) is 21.3. The van der Waals surface area contributed by atoms with Crippen molar-refractivity contribution in [2.45, 2.75) is 202 Å². The Labute approximate surface area is 380 Å². The van der Waals surface area contributed by atoms with Gasteiger partial charge in [-0.1, -0.05) is 39.3 Å². The summed E-state index contributed by atoms with van der Waals surface area (Å²) in [7, 11) is 1.70. The van der Waals surface area contributed by atoms with Crippen LogP contribution in [0.3, 0.4) is 0 Å². The van der Waals surface area contributed by atoms with Crippen LogP contribution in [-0.4, -0.2) is 199 Å². The molecule has 0 unspecified atom stereocenters. The Morgan fingerprint density at radius 1 is 0.754 bits per heavy atom. The molecule has 4 heterocycles. The molecule has 0 bridgehead atoms. The lowest BCUT2D eigenvalue weighted by atomic mass is 9.46. The van der Waals surface area contributed by atoms with Gasteiger partial charge in [-0.2, -0.15) is 0 Å². The molecule has 7 fully saturated rings. The number of ether oxygens (including phenoxy) is 8. The van der Waals surface area contributed by atoms with Crippen LogP contribution in [0.1, 0.15) is 86.0 Å². The van der Waals surface area contributed by atoms with Crippen LogP contribution < -0.4 is 0 Å². The van der Waals surface area contributed by atoms with Gasteiger partial charge in [-0.05, 0) is 80.5 Å². The third-order valence-electron chi connectivity index (χ3n) is 17.8. The van der Waals surface area contributed by atoms with Crippen molar-refractivity contribution in [2.24, 2.45) is 46.3 Å². The quantitative estimate of drug-likeness (QED) is 0.0967. The molecule has 19 heteroatoms. The first-order valence-corrected chi connectivity index (χ1v) is 23.9. The van der Waals surface area contributed by atoms with E-state index in [1.807, 2.05) is 6.92 Å². The first-order valence-electron chi connectivity index (χ1n) is 23.9. The zero-order chi connectivity index (χ0) is 47.1. The third-order valence-corrected chi connectivity index (χ3v) is 17.8. The van der Waals surface area contributed by atoms with Crippen molar-refractivity contribution in [1.82, 2.24) is 0 Å². The summed E-state index contributed by atoms with van der Waals surface area (Å²) < 4.78 is 48.6. The van der Waals surface area contributed by atoms with E-state index < -0.39 is 129 Å². The van der Waals surface area contributed by atoms with E-state index in [4.69, 9.17) is 37.9 Å². The molecular formula is C46H76O19. The highest BCUT2D eigenvalue weighted by atomic mass is 16.8. The van der Waals surface area contributed by atoms with E-state index in [0.29, 0.717) is 37.5 Å². The molecule has 374 valence electrons. The molecule has 8 aliphatic rings. The molecule has 0 aromatic heterocycles. The number of allylic oxidation sites excluding steroid dienone is 1. The largest absolute Gasteiger partial charge is 0.394 e. The molecule has 4 aliphatic carbocycles. The van der Waals surface area contributed by atoms with Crippen molar-refractivity contribution in [1.29, 1.82) is 0 Å². The highest BCUT2D eigenvalue weighted by molar-refractivity contribution is 5.28. The molecule has 0 spiro atoms. The Hall–Kier alpha value is -1.02. The van der Waals surface area contributed by atoms with Crippen molar-refractivity contribution in [3.05, 3.63) is 11.6 Å². The SMILES string of the molecule is CO[C@@]1(CC[C@@H](C)CO[C@@H]2O[C@H](CO)[C@@H](O)[C@H](O)[C@H]2O[C@@H]2O[C@@H](C)[C@H](O)[C@@H](O)[C@H]2O)O[C@H]2C[C@H]3[C@@H]4CC=C5C[C@@H](O[C@@H]6O[C@H](CO)[C@@H](O)[C@H](O)[C@H]6O)C[C@@H](O)[C@]5(C)[C@H]4CC[C@]3(C)[C@H]2[C@@H]1C. The number of methoxy groups -OCH3 is 1. The van der Waals surface area contributed by atoms with Crippen LogP contribution in [0.4, 0.5) is 0 Å². The molecule has 4 aliphatic heterocycles. The lowest BCUT2D eigenvalue weighted by Crippen LogP contribution is -2.64. The minimum Gasteiger partial charge on any atom is -0.394 e. The first kappa shape index (κ1) is 50.4. The molecular weight excluding hydrogens is 856 g/mol. The Morgan fingerprint density at radius 2 is 1.38 bits per heavy atom. The maximum absolute atomic E-state index is 12.0. The van der Waals surface area contributed by atoms with E-state index in [1.165, 1.54) is 6.92 Å². The molecule has 11 N–H and O–H groups in total. The van der Waals surface area contributed by atoms with Crippen LogP contribution in [0.5, 0.6) is 0 Å². The van der Waals surface area contributed by atoms with Crippen molar-refractivity contribution in [2.75, 3.05) is 26.9 Å². The van der Waals surface area contributed by atoms with Gasteiger partial charge >= 0.3 is 0 Å². The fraction of sp³-hybridized carbons (Fsp3) is 0.957. The third kappa shape index (κ3) is 8.60. The summed E-state index contributed by atoms with van der Waals surface area (Å²) in [6, 6.07) is 0. The molecule has 19 nitrogen and oxygen atoms in total. The topological polar surface area (TPSA) is 296 Å². The average Bonchev–Trinajstić information content (AvgIpc) is 3.75. The van der Waals surface area contributed by atoms with Gasteiger partial charge in [0.05, 0.1) is 44.2 Å². The summed E-state index contributed by atoms with van der Waals surface area (Å²) >= 11 is 0. The Balaban J connectivity index is 0.889. The first-order chi connectivity index (χ1) is 30.7. The monoisotopic (exact) mass is 932 g/mol. The molecule has 27 atom stereocenters. The summed E-state index contributed by atoms with van der Waals surface area (Å²) in [6.07, 6.45) is -14.2. The predicted molar refractivity (Wildman–Crippen MR) is 224 cm³/mol. The van der Waals surface area contributed by atoms with Gasteiger partial charge in [0.2, 0.25) is 0 Å². The zero-order valence-corrected chi connectivity index (χ0v) is 38.4. The molecule has 0 amide bonds. The van der Waals surface area contributed by atoms with Crippen LogP contribution in [0.15, 0.2) is 11.6 Å². The van der Waals surface area contributed by atoms with Gasteiger partial charge in [-0.3, -0.25) is 0 Å². The summed E-state index contributed by atoms with van der Waals surface area (Å²) in [6.45, 7) is 9.29. The normalized spacial score (nSPS) is 54.8. The minimum absolute atomic E-state index is 0.0207. The maximum atomic E-state index is 12.0. The van der Waals surface area contributed by atoms with Gasteiger partial charge in [-0.15, -0.1) is 0 Å². The van der Waals surface area contributed by atoms with E-state index in [2.05, 4.69) is 26.8 Å². The maximum Gasteiger partial charge on any atom is 0.187 e. The van der Waals surface area contributed by atoms with Crippen LogP contribution in [-0.2, 0) is 37.9 Å². The smallest absolute Gasteiger partial charge is 0.187 e. The van der Waals surface area contributed by atoms with Gasteiger partial charge < -0.3 is 94.1 Å². The van der Waals surface area contributed by atoms with E-state index >= 15 is 0 Å². The minimum atomic E-state index is -1.67. The van der Waals surface area contributed by atoms with Crippen molar-refractivity contribution in [3.8, 4) is 0 Å². The Morgan fingerprint density at radius 3 is 2.05 bits per heavy atom. The van der Waals surface area contributed by atoms with Crippen LogP contribution in [0.25, 0.3) is 0 Å². The molecule has 65 heavy (non-hydrogen) atoms. The summed E-state index contributed by atoms with van der Waals surface area (Å²) in [5.41, 5.74) is 0.626. The van der Waals surface area contributed by atoms with E-state index in [1.54, 1.807) is 7.11 Å². The number of fused-ring (bicyclic) bond motifs is 7. The highest BCUT2D eigenvalue weighted by Gasteiger charge is 2.69.